The molecule has 0 aromatic heterocycles. The van der Waals surface area contributed by atoms with E-state index in [4.69, 9.17) is 4.74 Å². The highest BCUT2D eigenvalue weighted by Gasteiger charge is 2.26. The molecule has 1 heterocycles. The maximum atomic E-state index is 12.5. The first-order valence-corrected chi connectivity index (χ1v) is 9.43. The highest BCUT2D eigenvalue weighted by atomic mass is 16.5. The molecular weight excluding hydrogens is 300 g/mol. The SMILES string of the molecule is COc1ccc(C(CNC(=O)C2CCCCC2)N2CCCC2)cc1. The van der Waals surface area contributed by atoms with Crippen LogP contribution in [-0.4, -0.2) is 37.6 Å². The van der Waals surface area contributed by atoms with Crippen molar-refractivity contribution in [3.8, 4) is 5.75 Å². The van der Waals surface area contributed by atoms with Gasteiger partial charge in [-0.1, -0.05) is 31.4 Å². The van der Waals surface area contributed by atoms with Crippen LogP contribution < -0.4 is 10.1 Å². The fourth-order valence-electron chi connectivity index (χ4n) is 4.04. The Morgan fingerprint density at radius 1 is 1.12 bits per heavy atom. The van der Waals surface area contributed by atoms with Gasteiger partial charge in [0.15, 0.2) is 0 Å². The molecule has 0 bridgehead atoms. The summed E-state index contributed by atoms with van der Waals surface area (Å²) in [6.07, 6.45) is 8.31. The summed E-state index contributed by atoms with van der Waals surface area (Å²) in [5.74, 6) is 1.37. The van der Waals surface area contributed by atoms with Crippen molar-refractivity contribution in [1.82, 2.24) is 10.2 Å². The number of methoxy groups -OCH3 is 1. The molecule has 0 radical (unpaired) electrons. The quantitative estimate of drug-likeness (QED) is 0.867. The van der Waals surface area contributed by atoms with Crippen LogP contribution in [0.1, 0.15) is 56.6 Å². The third-order valence-electron chi connectivity index (χ3n) is 5.53. The van der Waals surface area contributed by atoms with Crippen molar-refractivity contribution >= 4 is 5.91 Å². The number of likely N-dealkylation sites (tertiary alicyclic amines) is 1. The van der Waals surface area contributed by atoms with Gasteiger partial charge in [-0.2, -0.15) is 0 Å². The highest BCUT2D eigenvalue weighted by molar-refractivity contribution is 5.78. The maximum Gasteiger partial charge on any atom is 0.223 e. The van der Waals surface area contributed by atoms with E-state index in [1.54, 1.807) is 7.11 Å². The first-order valence-electron chi connectivity index (χ1n) is 9.43. The lowest BCUT2D eigenvalue weighted by molar-refractivity contribution is -0.126. The lowest BCUT2D eigenvalue weighted by atomic mass is 9.88. The normalized spacial score (nSPS) is 20.7. The Kier molecular flexibility index (Phi) is 6.13. The van der Waals surface area contributed by atoms with E-state index >= 15 is 0 Å². The molecule has 24 heavy (non-hydrogen) atoms. The van der Waals surface area contributed by atoms with Crippen molar-refractivity contribution in [3.63, 3.8) is 0 Å². The van der Waals surface area contributed by atoms with Gasteiger partial charge in [0.25, 0.3) is 0 Å². The van der Waals surface area contributed by atoms with Crippen LogP contribution >= 0.6 is 0 Å². The molecule has 1 unspecified atom stereocenters. The molecule has 1 aliphatic heterocycles. The molecule has 1 saturated heterocycles. The zero-order valence-electron chi connectivity index (χ0n) is 14.8. The Morgan fingerprint density at radius 2 is 1.79 bits per heavy atom. The molecule has 0 spiro atoms. The van der Waals surface area contributed by atoms with Gasteiger partial charge in [0.05, 0.1) is 13.2 Å². The number of carbonyl (C=O) groups excluding carboxylic acids is 1. The summed E-state index contributed by atoms with van der Waals surface area (Å²) in [4.78, 5) is 15.0. The van der Waals surface area contributed by atoms with Crippen molar-refractivity contribution in [2.24, 2.45) is 5.92 Å². The first kappa shape index (κ1) is 17.3. The highest BCUT2D eigenvalue weighted by Crippen LogP contribution is 2.27. The lowest BCUT2D eigenvalue weighted by Gasteiger charge is -2.29. The summed E-state index contributed by atoms with van der Waals surface area (Å²) in [7, 11) is 1.69. The Balaban J connectivity index is 1.64. The molecule has 1 aromatic carbocycles. The minimum absolute atomic E-state index is 0.230. The third-order valence-corrected chi connectivity index (χ3v) is 5.53. The number of nitrogens with one attached hydrogen (secondary N) is 1. The monoisotopic (exact) mass is 330 g/mol. The van der Waals surface area contributed by atoms with Crippen LogP contribution in [0.25, 0.3) is 0 Å². The standard InChI is InChI=1S/C20H30N2O2/c1-24-18-11-9-16(10-12-18)19(22-13-5-6-14-22)15-21-20(23)17-7-3-2-4-8-17/h9-12,17,19H,2-8,13-15H2,1H3,(H,21,23). The van der Waals surface area contributed by atoms with Crippen molar-refractivity contribution in [2.45, 2.75) is 51.0 Å². The average Bonchev–Trinajstić information content (AvgIpc) is 3.17. The van der Waals surface area contributed by atoms with Gasteiger partial charge in [-0.25, -0.2) is 0 Å². The van der Waals surface area contributed by atoms with Gasteiger partial charge < -0.3 is 10.1 Å². The minimum Gasteiger partial charge on any atom is -0.497 e. The van der Waals surface area contributed by atoms with E-state index in [9.17, 15) is 4.79 Å². The Bertz CT molecular complexity index is 517. The second-order valence-electron chi connectivity index (χ2n) is 7.11. The van der Waals surface area contributed by atoms with Crippen LogP contribution in [0.3, 0.4) is 0 Å². The maximum absolute atomic E-state index is 12.5. The van der Waals surface area contributed by atoms with Gasteiger partial charge in [0, 0.05) is 12.5 Å². The summed E-state index contributed by atoms with van der Waals surface area (Å²) in [5, 5.41) is 3.24. The molecule has 1 N–H and O–H groups in total. The summed E-state index contributed by atoms with van der Waals surface area (Å²) in [5.41, 5.74) is 1.27. The number of ether oxygens (including phenoxy) is 1. The van der Waals surface area contributed by atoms with Crippen molar-refractivity contribution in [2.75, 3.05) is 26.7 Å². The molecule has 1 amide bonds. The van der Waals surface area contributed by atoms with E-state index in [1.807, 2.05) is 12.1 Å². The number of benzene rings is 1. The van der Waals surface area contributed by atoms with Gasteiger partial charge in [-0.3, -0.25) is 9.69 Å². The van der Waals surface area contributed by atoms with Crippen LogP contribution in [-0.2, 0) is 4.79 Å². The third kappa shape index (κ3) is 4.29. The molecule has 1 aliphatic carbocycles. The number of rotatable bonds is 6. The molecule has 4 nitrogen and oxygen atoms in total. The Labute approximate surface area is 145 Å². The zero-order valence-corrected chi connectivity index (χ0v) is 14.8. The van der Waals surface area contributed by atoms with Crippen LogP contribution in [0.2, 0.25) is 0 Å². The predicted molar refractivity (Wildman–Crippen MR) is 96.1 cm³/mol. The van der Waals surface area contributed by atoms with Crippen molar-refractivity contribution < 1.29 is 9.53 Å². The smallest absolute Gasteiger partial charge is 0.223 e. The number of amides is 1. The zero-order chi connectivity index (χ0) is 16.8. The van der Waals surface area contributed by atoms with Crippen LogP contribution in [0, 0.1) is 5.92 Å². The van der Waals surface area contributed by atoms with E-state index in [1.165, 1.54) is 37.7 Å². The number of nitrogens with zero attached hydrogens (tertiary/aromatic N) is 1. The van der Waals surface area contributed by atoms with Gasteiger partial charge in [0.1, 0.15) is 5.75 Å². The molecule has 4 heteroatoms. The molecule has 2 aliphatic rings. The van der Waals surface area contributed by atoms with Gasteiger partial charge >= 0.3 is 0 Å². The summed E-state index contributed by atoms with van der Waals surface area (Å²) < 4.78 is 5.27. The molecule has 1 aromatic rings. The molecule has 3 rings (SSSR count). The summed E-state index contributed by atoms with van der Waals surface area (Å²) >= 11 is 0. The van der Waals surface area contributed by atoms with Crippen molar-refractivity contribution in [3.05, 3.63) is 29.8 Å². The number of carbonyl (C=O) groups is 1. The predicted octanol–water partition coefficient (Wildman–Crippen LogP) is 3.53. The van der Waals surface area contributed by atoms with E-state index in [-0.39, 0.29) is 17.9 Å². The van der Waals surface area contributed by atoms with E-state index < -0.39 is 0 Å². The lowest BCUT2D eigenvalue weighted by Crippen LogP contribution is -2.39. The fourth-order valence-corrected chi connectivity index (χ4v) is 4.04. The second kappa shape index (κ2) is 8.52. The molecule has 1 atom stereocenters. The first-order chi connectivity index (χ1) is 11.8. The molecule has 132 valence electrons. The van der Waals surface area contributed by atoms with Gasteiger partial charge in [0.2, 0.25) is 5.91 Å². The number of hydrogen-bond donors (Lipinski definition) is 1. The van der Waals surface area contributed by atoms with Crippen LogP contribution in [0.5, 0.6) is 5.75 Å². The van der Waals surface area contributed by atoms with Gasteiger partial charge in [-0.15, -0.1) is 0 Å². The van der Waals surface area contributed by atoms with Gasteiger partial charge in [-0.05, 0) is 56.5 Å². The van der Waals surface area contributed by atoms with E-state index in [0.29, 0.717) is 6.54 Å². The Hall–Kier alpha value is -1.55. The second-order valence-corrected chi connectivity index (χ2v) is 7.11. The Morgan fingerprint density at radius 3 is 2.42 bits per heavy atom. The topological polar surface area (TPSA) is 41.6 Å². The number of hydrogen-bond acceptors (Lipinski definition) is 3. The summed E-state index contributed by atoms with van der Waals surface area (Å²) in [6, 6.07) is 8.57. The molecule has 1 saturated carbocycles. The summed E-state index contributed by atoms with van der Waals surface area (Å²) in [6.45, 7) is 2.95. The van der Waals surface area contributed by atoms with Crippen LogP contribution in [0.15, 0.2) is 24.3 Å². The van der Waals surface area contributed by atoms with Crippen LogP contribution in [0.4, 0.5) is 0 Å². The molecule has 2 fully saturated rings. The van der Waals surface area contributed by atoms with E-state index in [2.05, 4.69) is 22.3 Å². The van der Waals surface area contributed by atoms with E-state index in [0.717, 1.165) is 31.7 Å². The fraction of sp³-hybridized carbons (Fsp3) is 0.650. The largest absolute Gasteiger partial charge is 0.497 e. The molecular formula is C20H30N2O2. The van der Waals surface area contributed by atoms with Crippen molar-refractivity contribution in [1.29, 1.82) is 0 Å². The average molecular weight is 330 g/mol. The minimum atomic E-state index is 0.230.